The van der Waals surface area contributed by atoms with Crippen LogP contribution in [0.25, 0.3) is 0 Å². The normalized spacial score (nSPS) is 9.17. The van der Waals surface area contributed by atoms with E-state index in [9.17, 15) is 0 Å². The van der Waals surface area contributed by atoms with Crippen molar-refractivity contribution in [3.05, 3.63) is 54.6 Å². The molecular weight excluding hydrogens is 222 g/mol. The molecule has 0 aliphatic carbocycles. The predicted molar refractivity (Wildman–Crippen MR) is 74.9 cm³/mol. The van der Waals surface area contributed by atoms with Crippen LogP contribution in [0.3, 0.4) is 0 Å². The van der Waals surface area contributed by atoms with Crippen LogP contribution in [0.15, 0.2) is 54.6 Å². The maximum Gasteiger partial charge on any atom is 0.150 e. The monoisotopic (exact) mass is 237 g/mol. The molecule has 2 rings (SSSR count). The number of hydrogen-bond donors (Lipinski definition) is 1. The van der Waals surface area contributed by atoms with Gasteiger partial charge in [-0.15, -0.1) is 5.92 Å². The van der Waals surface area contributed by atoms with Gasteiger partial charge in [-0.05, 0) is 31.2 Å². The lowest BCUT2D eigenvalue weighted by Crippen LogP contribution is -2.00. The summed E-state index contributed by atoms with van der Waals surface area (Å²) in [4.78, 5) is 0. The number of rotatable bonds is 4. The van der Waals surface area contributed by atoms with Crippen molar-refractivity contribution in [2.75, 3.05) is 11.9 Å². The zero-order chi connectivity index (χ0) is 12.6. The van der Waals surface area contributed by atoms with E-state index in [1.807, 2.05) is 61.5 Å². The van der Waals surface area contributed by atoms with E-state index < -0.39 is 0 Å². The highest BCUT2D eigenvalue weighted by Crippen LogP contribution is 2.28. The Morgan fingerprint density at radius 3 is 2.50 bits per heavy atom. The molecule has 2 nitrogen and oxygen atoms in total. The number of ether oxygens (including phenoxy) is 1. The molecule has 0 aromatic heterocycles. The summed E-state index contributed by atoms with van der Waals surface area (Å²) in [7, 11) is 0. The van der Waals surface area contributed by atoms with Crippen LogP contribution in [-0.2, 0) is 0 Å². The Kier molecular flexibility index (Phi) is 4.27. The standard InChI is InChI=1S/C16H15NO/c1-2-3-13-17-15-11-7-8-12-16(15)18-14-9-5-4-6-10-14/h4-12,17H,13H2,1H3. The first-order chi connectivity index (χ1) is 8.90. The third kappa shape index (κ3) is 3.29. The van der Waals surface area contributed by atoms with Gasteiger partial charge in [0.1, 0.15) is 5.75 Å². The maximum absolute atomic E-state index is 5.83. The lowest BCUT2D eigenvalue weighted by Gasteiger charge is -2.11. The van der Waals surface area contributed by atoms with E-state index in [-0.39, 0.29) is 0 Å². The molecule has 0 amide bonds. The third-order valence-electron chi connectivity index (χ3n) is 2.40. The second-order valence-electron chi connectivity index (χ2n) is 3.69. The fraction of sp³-hybridized carbons (Fsp3) is 0.125. The zero-order valence-electron chi connectivity index (χ0n) is 10.3. The predicted octanol–water partition coefficient (Wildman–Crippen LogP) is 3.91. The van der Waals surface area contributed by atoms with Crippen molar-refractivity contribution in [1.82, 2.24) is 0 Å². The average Bonchev–Trinajstić information content (AvgIpc) is 2.42. The van der Waals surface area contributed by atoms with Crippen molar-refractivity contribution in [1.29, 1.82) is 0 Å². The maximum atomic E-state index is 5.83. The minimum atomic E-state index is 0.617. The quantitative estimate of drug-likeness (QED) is 0.814. The molecule has 0 fully saturated rings. The Balaban J connectivity index is 2.14. The lowest BCUT2D eigenvalue weighted by atomic mass is 10.3. The molecular formula is C16H15NO. The van der Waals surface area contributed by atoms with E-state index in [1.54, 1.807) is 0 Å². The van der Waals surface area contributed by atoms with E-state index in [4.69, 9.17) is 4.74 Å². The second kappa shape index (κ2) is 6.36. The van der Waals surface area contributed by atoms with Crippen LogP contribution >= 0.6 is 0 Å². The number of nitrogens with one attached hydrogen (secondary N) is 1. The molecule has 2 heteroatoms. The van der Waals surface area contributed by atoms with E-state index in [0.717, 1.165) is 17.2 Å². The van der Waals surface area contributed by atoms with Gasteiger partial charge >= 0.3 is 0 Å². The molecule has 2 aromatic carbocycles. The van der Waals surface area contributed by atoms with Crippen LogP contribution < -0.4 is 10.1 Å². The highest BCUT2D eigenvalue weighted by molar-refractivity contribution is 5.58. The van der Waals surface area contributed by atoms with Crippen LogP contribution in [0.1, 0.15) is 6.92 Å². The Morgan fingerprint density at radius 2 is 1.72 bits per heavy atom. The highest BCUT2D eigenvalue weighted by Gasteiger charge is 2.02. The summed E-state index contributed by atoms with van der Waals surface area (Å²) in [5.41, 5.74) is 0.948. The van der Waals surface area contributed by atoms with E-state index in [2.05, 4.69) is 17.2 Å². The molecule has 0 unspecified atom stereocenters. The molecule has 0 saturated heterocycles. The topological polar surface area (TPSA) is 21.3 Å². The van der Waals surface area contributed by atoms with Gasteiger partial charge in [0.25, 0.3) is 0 Å². The first kappa shape index (κ1) is 12.1. The van der Waals surface area contributed by atoms with Crippen LogP contribution in [0.2, 0.25) is 0 Å². The first-order valence-electron chi connectivity index (χ1n) is 5.85. The van der Waals surface area contributed by atoms with Gasteiger partial charge in [0.2, 0.25) is 0 Å². The largest absolute Gasteiger partial charge is 0.455 e. The summed E-state index contributed by atoms with van der Waals surface area (Å²) < 4.78 is 5.83. The smallest absolute Gasteiger partial charge is 0.150 e. The number of benzene rings is 2. The van der Waals surface area contributed by atoms with Gasteiger partial charge in [-0.2, -0.15) is 0 Å². The van der Waals surface area contributed by atoms with E-state index >= 15 is 0 Å². The Labute approximate surface area is 108 Å². The van der Waals surface area contributed by atoms with Gasteiger partial charge in [0.05, 0.1) is 12.2 Å². The molecule has 0 aliphatic heterocycles. The summed E-state index contributed by atoms with van der Waals surface area (Å²) in [5, 5.41) is 3.24. The molecule has 0 saturated carbocycles. The summed E-state index contributed by atoms with van der Waals surface area (Å²) in [6, 6.07) is 17.6. The molecule has 90 valence electrons. The number of anilines is 1. The van der Waals surface area contributed by atoms with Crippen molar-refractivity contribution < 1.29 is 4.74 Å². The van der Waals surface area contributed by atoms with Gasteiger partial charge in [0.15, 0.2) is 5.75 Å². The second-order valence-corrected chi connectivity index (χ2v) is 3.69. The molecule has 1 N–H and O–H groups in total. The summed E-state index contributed by atoms with van der Waals surface area (Å²) >= 11 is 0. The molecule has 0 aliphatic rings. The SMILES string of the molecule is CC#CCNc1ccccc1Oc1ccccc1. The molecule has 0 atom stereocenters. The molecule has 0 bridgehead atoms. The molecule has 18 heavy (non-hydrogen) atoms. The van der Waals surface area contributed by atoms with Crippen LogP contribution in [0.4, 0.5) is 5.69 Å². The van der Waals surface area contributed by atoms with Crippen molar-refractivity contribution in [2.45, 2.75) is 6.92 Å². The van der Waals surface area contributed by atoms with E-state index in [1.165, 1.54) is 0 Å². The summed E-state index contributed by atoms with van der Waals surface area (Å²) in [5.74, 6) is 7.46. The zero-order valence-corrected chi connectivity index (χ0v) is 10.3. The van der Waals surface area contributed by atoms with Crippen LogP contribution in [0.5, 0.6) is 11.5 Å². The third-order valence-corrected chi connectivity index (χ3v) is 2.40. The molecule has 0 spiro atoms. The lowest BCUT2D eigenvalue weighted by molar-refractivity contribution is 0.484. The van der Waals surface area contributed by atoms with Crippen LogP contribution in [0, 0.1) is 11.8 Å². The summed E-state index contributed by atoms with van der Waals surface area (Å²) in [6.45, 7) is 2.44. The van der Waals surface area contributed by atoms with Crippen molar-refractivity contribution in [3.8, 4) is 23.3 Å². The van der Waals surface area contributed by atoms with Gasteiger partial charge in [0, 0.05) is 0 Å². The van der Waals surface area contributed by atoms with Gasteiger partial charge in [-0.25, -0.2) is 0 Å². The Morgan fingerprint density at radius 1 is 1.00 bits per heavy atom. The fourth-order valence-electron chi connectivity index (χ4n) is 1.54. The van der Waals surface area contributed by atoms with Crippen molar-refractivity contribution >= 4 is 5.69 Å². The molecule has 2 aromatic rings. The Bertz CT molecular complexity index is 552. The Hall–Kier alpha value is -2.40. The summed E-state index contributed by atoms with van der Waals surface area (Å²) in [6.07, 6.45) is 0. The van der Waals surface area contributed by atoms with Gasteiger partial charge < -0.3 is 10.1 Å². The minimum Gasteiger partial charge on any atom is -0.455 e. The molecule has 0 radical (unpaired) electrons. The number of hydrogen-bond acceptors (Lipinski definition) is 2. The minimum absolute atomic E-state index is 0.617. The van der Waals surface area contributed by atoms with Crippen LogP contribution in [-0.4, -0.2) is 6.54 Å². The van der Waals surface area contributed by atoms with E-state index in [0.29, 0.717) is 6.54 Å². The highest BCUT2D eigenvalue weighted by atomic mass is 16.5. The first-order valence-corrected chi connectivity index (χ1v) is 5.85. The van der Waals surface area contributed by atoms with Gasteiger partial charge in [-0.3, -0.25) is 0 Å². The fourth-order valence-corrected chi connectivity index (χ4v) is 1.54. The molecule has 0 heterocycles. The number of para-hydroxylation sites is 3. The van der Waals surface area contributed by atoms with Crippen molar-refractivity contribution in [2.24, 2.45) is 0 Å². The average molecular weight is 237 g/mol. The van der Waals surface area contributed by atoms with Gasteiger partial charge in [-0.1, -0.05) is 36.3 Å². The van der Waals surface area contributed by atoms with Crippen molar-refractivity contribution in [3.63, 3.8) is 0 Å².